The van der Waals surface area contributed by atoms with E-state index in [1.165, 1.54) is 12.8 Å². The standard InChI is InChI=1S/C22H37NO3S/c1-21(2)17-13-14-22(21,20(24)15-17)16-27(25,26)23(18-9-5-3-6-10-18)19-11-7-4-8-12-19/h17-19H,3-16H2,1-2H3/t17-,22-/m1/s1. The van der Waals surface area contributed by atoms with Crippen molar-refractivity contribution in [2.24, 2.45) is 16.7 Å². The lowest BCUT2D eigenvalue weighted by Gasteiger charge is -2.43. The largest absolute Gasteiger partial charge is 0.299 e. The Kier molecular flexibility index (Phi) is 5.24. The highest BCUT2D eigenvalue weighted by molar-refractivity contribution is 7.89. The molecule has 0 aromatic rings. The number of hydrogen-bond acceptors (Lipinski definition) is 3. The van der Waals surface area contributed by atoms with Gasteiger partial charge >= 0.3 is 0 Å². The van der Waals surface area contributed by atoms with Gasteiger partial charge < -0.3 is 0 Å². The van der Waals surface area contributed by atoms with Gasteiger partial charge in [-0.05, 0) is 49.9 Å². The number of hydrogen-bond donors (Lipinski definition) is 0. The first-order chi connectivity index (χ1) is 12.8. The molecule has 0 saturated heterocycles. The molecule has 2 atom stereocenters. The van der Waals surface area contributed by atoms with E-state index in [0.29, 0.717) is 12.3 Å². The van der Waals surface area contributed by atoms with Crippen LogP contribution in [0.1, 0.15) is 97.3 Å². The summed E-state index contributed by atoms with van der Waals surface area (Å²) in [6.45, 7) is 4.30. The lowest BCUT2D eigenvalue weighted by Crippen LogP contribution is -2.53. The van der Waals surface area contributed by atoms with E-state index in [4.69, 9.17) is 0 Å². The van der Waals surface area contributed by atoms with Crippen molar-refractivity contribution < 1.29 is 13.2 Å². The summed E-state index contributed by atoms with van der Waals surface area (Å²) >= 11 is 0. The predicted octanol–water partition coefficient (Wildman–Crippen LogP) is 4.68. The Bertz CT molecular complexity index is 656. The molecule has 154 valence electrons. The summed E-state index contributed by atoms with van der Waals surface area (Å²) in [5.74, 6) is 0.660. The molecule has 0 aromatic heterocycles. The van der Waals surface area contributed by atoms with Crippen LogP contribution in [-0.4, -0.2) is 36.3 Å². The zero-order valence-corrected chi connectivity index (χ0v) is 18.0. The lowest BCUT2D eigenvalue weighted by molar-refractivity contribution is -0.128. The molecule has 0 spiro atoms. The minimum Gasteiger partial charge on any atom is -0.299 e. The lowest BCUT2D eigenvalue weighted by atomic mass is 9.70. The second kappa shape index (κ2) is 7.12. The Morgan fingerprint density at radius 3 is 1.81 bits per heavy atom. The molecule has 4 aliphatic rings. The number of rotatable bonds is 5. The quantitative estimate of drug-likeness (QED) is 0.679. The molecule has 0 aliphatic heterocycles. The van der Waals surface area contributed by atoms with Gasteiger partial charge in [0.1, 0.15) is 5.78 Å². The Labute approximate surface area is 165 Å². The molecule has 5 heteroatoms. The van der Waals surface area contributed by atoms with Gasteiger partial charge in [0.25, 0.3) is 0 Å². The molecule has 4 saturated carbocycles. The zero-order chi connectivity index (χ0) is 19.3. The second-order valence-corrected chi connectivity index (χ2v) is 12.2. The third-order valence-corrected chi connectivity index (χ3v) is 10.9. The molecular weight excluding hydrogens is 358 g/mol. The van der Waals surface area contributed by atoms with Crippen molar-refractivity contribution in [3.63, 3.8) is 0 Å². The van der Waals surface area contributed by atoms with Gasteiger partial charge in [0.2, 0.25) is 10.0 Å². The molecule has 4 aliphatic carbocycles. The van der Waals surface area contributed by atoms with Crippen LogP contribution in [0.25, 0.3) is 0 Å². The van der Waals surface area contributed by atoms with E-state index in [1.54, 1.807) is 0 Å². The number of sulfonamides is 1. The van der Waals surface area contributed by atoms with Crippen LogP contribution < -0.4 is 0 Å². The second-order valence-electron chi connectivity index (χ2n) is 10.3. The first kappa shape index (κ1) is 19.9. The Morgan fingerprint density at radius 2 is 1.41 bits per heavy atom. The van der Waals surface area contributed by atoms with E-state index in [9.17, 15) is 13.2 Å². The smallest absolute Gasteiger partial charge is 0.215 e. The molecule has 0 N–H and O–H groups in total. The monoisotopic (exact) mass is 395 g/mol. The van der Waals surface area contributed by atoms with Crippen LogP contribution in [0.2, 0.25) is 0 Å². The fourth-order valence-corrected chi connectivity index (χ4v) is 9.70. The summed E-state index contributed by atoms with van der Waals surface area (Å²) < 4.78 is 29.7. The molecule has 0 aromatic carbocycles. The van der Waals surface area contributed by atoms with E-state index in [1.807, 2.05) is 4.31 Å². The van der Waals surface area contributed by atoms with Crippen LogP contribution >= 0.6 is 0 Å². The third kappa shape index (κ3) is 3.21. The number of nitrogens with zero attached hydrogens (tertiary/aromatic N) is 1. The molecular formula is C22H37NO3S. The van der Waals surface area contributed by atoms with E-state index in [-0.39, 0.29) is 29.0 Å². The summed E-state index contributed by atoms with van der Waals surface area (Å²) in [6, 6.07) is 0.333. The minimum atomic E-state index is -3.44. The summed E-state index contributed by atoms with van der Waals surface area (Å²) in [5, 5.41) is 0. The summed E-state index contributed by atoms with van der Waals surface area (Å²) in [4.78, 5) is 12.9. The highest BCUT2D eigenvalue weighted by atomic mass is 32.2. The average molecular weight is 396 g/mol. The van der Waals surface area contributed by atoms with Crippen molar-refractivity contribution in [3.8, 4) is 0 Å². The molecule has 4 rings (SSSR count). The van der Waals surface area contributed by atoms with Crippen molar-refractivity contribution in [1.82, 2.24) is 4.31 Å². The average Bonchev–Trinajstić information content (AvgIpc) is 2.97. The van der Waals surface area contributed by atoms with Gasteiger partial charge in [-0.15, -0.1) is 0 Å². The number of fused-ring (bicyclic) bond motifs is 2. The van der Waals surface area contributed by atoms with Crippen LogP contribution in [0, 0.1) is 16.7 Å². The maximum absolute atomic E-state index is 13.9. The number of carbonyl (C=O) groups is 1. The number of ketones is 1. The Hall–Kier alpha value is -0.420. The minimum absolute atomic E-state index is 0.0648. The highest BCUT2D eigenvalue weighted by Gasteiger charge is 2.65. The molecule has 27 heavy (non-hydrogen) atoms. The van der Waals surface area contributed by atoms with Gasteiger partial charge in [0.05, 0.1) is 5.75 Å². The fourth-order valence-electron chi connectivity index (χ4n) is 6.92. The van der Waals surface area contributed by atoms with Gasteiger partial charge in [-0.25, -0.2) is 8.42 Å². The number of carbonyl (C=O) groups excluding carboxylic acids is 1. The maximum Gasteiger partial charge on any atom is 0.215 e. The van der Waals surface area contributed by atoms with Crippen LogP contribution in [0.5, 0.6) is 0 Å². The van der Waals surface area contributed by atoms with Gasteiger partial charge in [-0.1, -0.05) is 52.4 Å². The van der Waals surface area contributed by atoms with Crippen molar-refractivity contribution in [1.29, 1.82) is 0 Å². The van der Waals surface area contributed by atoms with Gasteiger partial charge in [-0.3, -0.25) is 4.79 Å². The Morgan fingerprint density at radius 1 is 0.889 bits per heavy atom. The first-order valence-corrected chi connectivity index (χ1v) is 12.9. The summed E-state index contributed by atoms with van der Waals surface area (Å²) in [7, 11) is -3.44. The van der Waals surface area contributed by atoms with E-state index < -0.39 is 15.4 Å². The number of Topliss-reactive ketones (excluding diaryl/α,β-unsaturated/α-hetero) is 1. The third-order valence-electron chi connectivity index (χ3n) is 8.76. The predicted molar refractivity (Wildman–Crippen MR) is 108 cm³/mol. The van der Waals surface area contributed by atoms with Crippen molar-refractivity contribution in [2.45, 2.75) is 109 Å². The van der Waals surface area contributed by atoms with Crippen LogP contribution in [0.4, 0.5) is 0 Å². The van der Waals surface area contributed by atoms with Crippen LogP contribution in [-0.2, 0) is 14.8 Å². The zero-order valence-electron chi connectivity index (χ0n) is 17.2. The van der Waals surface area contributed by atoms with E-state index >= 15 is 0 Å². The van der Waals surface area contributed by atoms with Gasteiger partial charge in [-0.2, -0.15) is 4.31 Å². The highest BCUT2D eigenvalue weighted by Crippen LogP contribution is 2.64. The molecule has 4 fully saturated rings. The van der Waals surface area contributed by atoms with Crippen molar-refractivity contribution in [3.05, 3.63) is 0 Å². The first-order valence-electron chi connectivity index (χ1n) is 11.3. The fraction of sp³-hybridized carbons (Fsp3) is 0.955. The van der Waals surface area contributed by atoms with Gasteiger partial charge in [0.15, 0.2) is 0 Å². The molecule has 2 bridgehead atoms. The molecule has 0 unspecified atom stereocenters. The van der Waals surface area contributed by atoms with Crippen molar-refractivity contribution >= 4 is 15.8 Å². The SMILES string of the molecule is CC1(C)[C@@H]2CC[C@@]1(CS(=O)(=O)N(C1CCCCC1)C1CCCCC1)C(=O)C2. The normalized spacial score (nSPS) is 35.2. The van der Waals surface area contributed by atoms with Gasteiger partial charge in [0, 0.05) is 23.9 Å². The van der Waals surface area contributed by atoms with Crippen molar-refractivity contribution in [2.75, 3.05) is 5.75 Å². The molecule has 4 nitrogen and oxygen atoms in total. The van der Waals surface area contributed by atoms with E-state index in [0.717, 1.165) is 64.2 Å². The molecule has 0 radical (unpaired) electrons. The molecule has 0 heterocycles. The van der Waals surface area contributed by atoms with Crippen LogP contribution in [0.15, 0.2) is 0 Å². The van der Waals surface area contributed by atoms with E-state index in [2.05, 4.69) is 13.8 Å². The summed E-state index contributed by atoms with van der Waals surface area (Å²) in [5.41, 5.74) is -0.819. The Balaban J connectivity index is 1.65. The van der Waals surface area contributed by atoms with Crippen LogP contribution in [0.3, 0.4) is 0 Å². The maximum atomic E-state index is 13.9. The molecule has 0 amide bonds. The topological polar surface area (TPSA) is 54.5 Å². The summed E-state index contributed by atoms with van der Waals surface area (Å²) in [6.07, 6.45) is 13.4.